The van der Waals surface area contributed by atoms with E-state index in [-0.39, 0.29) is 37.4 Å². The van der Waals surface area contributed by atoms with Gasteiger partial charge in [0.25, 0.3) is 0 Å². The minimum absolute atomic E-state index is 0.0615. The van der Waals surface area contributed by atoms with Gasteiger partial charge in [0, 0.05) is 19.1 Å². The van der Waals surface area contributed by atoms with Crippen LogP contribution in [0.15, 0.2) is 30.3 Å². The van der Waals surface area contributed by atoms with Gasteiger partial charge in [-0.1, -0.05) is 37.3 Å². The first-order valence-electron chi connectivity index (χ1n) is 9.97. The van der Waals surface area contributed by atoms with Crippen LogP contribution >= 0.6 is 0 Å². The average molecular weight is 426 g/mol. The lowest BCUT2D eigenvalue weighted by molar-refractivity contribution is -0.121. The molecule has 8 nitrogen and oxygen atoms in total. The molecule has 0 spiro atoms. The van der Waals surface area contributed by atoms with E-state index in [2.05, 4.69) is 5.32 Å². The highest BCUT2D eigenvalue weighted by Crippen LogP contribution is 2.21. The Balaban J connectivity index is 1.96. The Morgan fingerprint density at radius 1 is 1.28 bits per heavy atom. The summed E-state index contributed by atoms with van der Waals surface area (Å²) in [5.74, 6) is -0.549. The molecule has 1 unspecified atom stereocenters. The molecule has 1 aliphatic rings. The van der Waals surface area contributed by atoms with Gasteiger partial charge in [0.1, 0.15) is 6.61 Å². The van der Waals surface area contributed by atoms with E-state index in [0.717, 1.165) is 16.3 Å². The standard InChI is InChI=1S/C20H31N3O5S/c1-4-22(13-19(24)21-16(2)3)29(26,27)15-18-11-8-12-23(18)20(25)28-14-17-9-6-5-7-10-17/h5-7,9-10,16,18H,4,8,11-15H2,1-3H3,(H,21,24). The molecule has 1 aliphatic heterocycles. The molecule has 0 aromatic heterocycles. The van der Waals surface area contributed by atoms with E-state index < -0.39 is 22.2 Å². The third kappa shape index (κ3) is 7.01. The van der Waals surface area contributed by atoms with Crippen molar-refractivity contribution in [1.82, 2.24) is 14.5 Å². The molecule has 29 heavy (non-hydrogen) atoms. The highest BCUT2D eigenvalue weighted by atomic mass is 32.2. The van der Waals surface area contributed by atoms with E-state index in [0.29, 0.717) is 13.0 Å². The Morgan fingerprint density at radius 3 is 2.59 bits per heavy atom. The van der Waals surface area contributed by atoms with Crippen molar-refractivity contribution in [3.63, 3.8) is 0 Å². The average Bonchev–Trinajstić information content (AvgIpc) is 3.11. The molecule has 1 atom stereocenters. The van der Waals surface area contributed by atoms with Gasteiger partial charge in [0.15, 0.2) is 0 Å². The normalized spacial score (nSPS) is 17.0. The van der Waals surface area contributed by atoms with Crippen molar-refractivity contribution in [2.75, 3.05) is 25.4 Å². The van der Waals surface area contributed by atoms with Crippen molar-refractivity contribution in [1.29, 1.82) is 0 Å². The smallest absolute Gasteiger partial charge is 0.410 e. The maximum atomic E-state index is 12.9. The number of nitrogens with zero attached hydrogens (tertiary/aromatic N) is 2. The molecule has 162 valence electrons. The summed E-state index contributed by atoms with van der Waals surface area (Å²) in [5.41, 5.74) is 0.873. The third-order valence-electron chi connectivity index (χ3n) is 4.74. The van der Waals surface area contributed by atoms with Gasteiger partial charge in [-0.05, 0) is 32.3 Å². The van der Waals surface area contributed by atoms with E-state index in [1.807, 2.05) is 44.2 Å². The summed E-state index contributed by atoms with van der Waals surface area (Å²) < 4.78 is 32.2. The summed E-state index contributed by atoms with van der Waals surface area (Å²) in [7, 11) is -3.70. The molecule has 1 aromatic carbocycles. The van der Waals surface area contributed by atoms with Gasteiger partial charge < -0.3 is 15.0 Å². The summed E-state index contributed by atoms with van der Waals surface area (Å²) in [6.45, 7) is 5.92. The summed E-state index contributed by atoms with van der Waals surface area (Å²) in [6, 6.07) is 8.82. The van der Waals surface area contributed by atoms with Gasteiger partial charge in [-0.15, -0.1) is 0 Å². The van der Waals surface area contributed by atoms with Crippen LogP contribution in [0.1, 0.15) is 39.2 Å². The van der Waals surface area contributed by atoms with E-state index in [4.69, 9.17) is 4.74 Å². The van der Waals surface area contributed by atoms with Crippen LogP contribution < -0.4 is 5.32 Å². The molecule has 0 bridgehead atoms. The first kappa shape index (κ1) is 23.2. The SMILES string of the molecule is CCN(CC(=O)NC(C)C)S(=O)(=O)CC1CCCN1C(=O)OCc1ccccc1. The molecule has 0 radical (unpaired) electrons. The Bertz CT molecular complexity index is 783. The Hall–Kier alpha value is -2.13. The fourth-order valence-corrected chi connectivity index (χ4v) is 5.09. The number of ether oxygens (including phenoxy) is 1. The number of sulfonamides is 1. The summed E-state index contributed by atoms with van der Waals surface area (Å²) in [4.78, 5) is 26.0. The molecule has 2 rings (SSSR count). The minimum Gasteiger partial charge on any atom is -0.445 e. The van der Waals surface area contributed by atoms with Crippen LogP contribution in [0, 0.1) is 0 Å². The molecule has 1 saturated heterocycles. The number of benzene rings is 1. The fourth-order valence-electron chi connectivity index (χ4n) is 3.33. The van der Waals surface area contributed by atoms with Crippen LogP contribution in [0.25, 0.3) is 0 Å². The zero-order chi connectivity index (χ0) is 21.4. The van der Waals surface area contributed by atoms with Crippen molar-refractivity contribution in [2.24, 2.45) is 0 Å². The number of likely N-dealkylation sites (tertiary alicyclic amines) is 1. The first-order valence-corrected chi connectivity index (χ1v) is 11.6. The summed E-state index contributed by atoms with van der Waals surface area (Å²) in [6.07, 6.45) is 0.808. The van der Waals surface area contributed by atoms with Crippen molar-refractivity contribution in [3.05, 3.63) is 35.9 Å². The van der Waals surface area contributed by atoms with Crippen LogP contribution in [-0.4, -0.2) is 67.1 Å². The number of amides is 2. The second kappa shape index (κ2) is 10.6. The second-order valence-electron chi connectivity index (χ2n) is 7.46. The maximum Gasteiger partial charge on any atom is 0.410 e. The molecular formula is C20H31N3O5S. The molecule has 1 aromatic rings. The predicted molar refractivity (Wildman–Crippen MR) is 111 cm³/mol. The zero-order valence-electron chi connectivity index (χ0n) is 17.3. The Morgan fingerprint density at radius 2 is 1.97 bits per heavy atom. The monoisotopic (exact) mass is 425 g/mol. The van der Waals surface area contributed by atoms with Crippen molar-refractivity contribution in [2.45, 2.75) is 52.3 Å². The third-order valence-corrected chi connectivity index (χ3v) is 6.72. The van der Waals surface area contributed by atoms with Crippen LogP contribution in [0.2, 0.25) is 0 Å². The summed E-state index contributed by atoms with van der Waals surface area (Å²) in [5, 5.41) is 2.70. The second-order valence-corrected chi connectivity index (χ2v) is 9.47. The molecule has 0 aliphatic carbocycles. The number of carbonyl (C=O) groups excluding carboxylic acids is 2. The van der Waals surface area contributed by atoms with Gasteiger partial charge >= 0.3 is 6.09 Å². The van der Waals surface area contributed by atoms with Gasteiger partial charge in [-0.25, -0.2) is 13.2 Å². The van der Waals surface area contributed by atoms with E-state index >= 15 is 0 Å². The number of nitrogens with one attached hydrogen (secondary N) is 1. The predicted octanol–water partition coefficient (Wildman–Crippen LogP) is 1.96. The quantitative estimate of drug-likeness (QED) is 0.653. The van der Waals surface area contributed by atoms with E-state index in [9.17, 15) is 18.0 Å². The van der Waals surface area contributed by atoms with Crippen LogP contribution in [-0.2, 0) is 26.2 Å². The molecule has 1 fully saturated rings. The van der Waals surface area contributed by atoms with Crippen molar-refractivity contribution in [3.8, 4) is 0 Å². The van der Waals surface area contributed by atoms with E-state index in [1.54, 1.807) is 6.92 Å². The highest BCUT2D eigenvalue weighted by molar-refractivity contribution is 7.89. The minimum atomic E-state index is -3.70. The maximum absolute atomic E-state index is 12.9. The lowest BCUT2D eigenvalue weighted by atomic mass is 10.2. The summed E-state index contributed by atoms with van der Waals surface area (Å²) >= 11 is 0. The highest BCUT2D eigenvalue weighted by Gasteiger charge is 2.35. The number of carbonyl (C=O) groups is 2. The lowest BCUT2D eigenvalue weighted by Crippen LogP contribution is -2.47. The van der Waals surface area contributed by atoms with Crippen molar-refractivity contribution >= 4 is 22.0 Å². The molecular weight excluding hydrogens is 394 g/mol. The number of hydrogen-bond donors (Lipinski definition) is 1. The number of hydrogen-bond acceptors (Lipinski definition) is 5. The molecule has 9 heteroatoms. The van der Waals surface area contributed by atoms with Gasteiger partial charge in [0.2, 0.25) is 15.9 Å². The zero-order valence-corrected chi connectivity index (χ0v) is 18.2. The Kier molecular flexibility index (Phi) is 8.45. The van der Waals surface area contributed by atoms with Crippen LogP contribution in [0.4, 0.5) is 4.79 Å². The van der Waals surface area contributed by atoms with Crippen LogP contribution in [0.5, 0.6) is 0 Å². The molecule has 0 saturated carbocycles. The first-order chi connectivity index (χ1) is 13.7. The largest absolute Gasteiger partial charge is 0.445 e. The van der Waals surface area contributed by atoms with Gasteiger partial charge in [-0.2, -0.15) is 4.31 Å². The molecule has 1 heterocycles. The van der Waals surface area contributed by atoms with Crippen molar-refractivity contribution < 1.29 is 22.7 Å². The topological polar surface area (TPSA) is 96.0 Å². The van der Waals surface area contributed by atoms with Gasteiger partial charge in [0.05, 0.1) is 18.3 Å². The van der Waals surface area contributed by atoms with E-state index in [1.165, 1.54) is 4.90 Å². The fraction of sp³-hybridized carbons (Fsp3) is 0.600. The van der Waals surface area contributed by atoms with Gasteiger partial charge in [-0.3, -0.25) is 4.79 Å². The van der Waals surface area contributed by atoms with Crippen LogP contribution in [0.3, 0.4) is 0 Å². The molecule has 1 N–H and O–H groups in total. The lowest BCUT2D eigenvalue weighted by Gasteiger charge is -2.27. The number of likely N-dealkylation sites (N-methyl/N-ethyl adjacent to an activating group) is 1. The number of rotatable bonds is 9. The molecule has 2 amide bonds. The Labute approximate surface area is 173 Å².